The van der Waals surface area contributed by atoms with E-state index in [0.29, 0.717) is 0 Å². The van der Waals surface area contributed by atoms with Gasteiger partial charge >= 0.3 is 0 Å². The summed E-state index contributed by atoms with van der Waals surface area (Å²) in [7, 11) is 0. The van der Waals surface area contributed by atoms with Crippen molar-refractivity contribution in [3.05, 3.63) is 40.1 Å². The minimum atomic E-state index is 0.239. The van der Waals surface area contributed by atoms with Crippen LogP contribution in [0, 0.1) is 0 Å². The molecule has 0 aliphatic carbocycles. The molecular formula is C13H14BrN3O2. The summed E-state index contributed by atoms with van der Waals surface area (Å²) in [5.74, 6) is 1.58. The number of H-pyrrole nitrogens is 1. The van der Waals surface area contributed by atoms with E-state index in [2.05, 4.69) is 38.4 Å². The Morgan fingerprint density at radius 2 is 2.37 bits per heavy atom. The Morgan fingerprint density at radius 3 is 3.16 bits per heavy atom. The van der Waals surface area contributed by atoms with Gasteiger partial charge in [0.15, 0.2) is 11.5 Å². The molecule has 1 unspecified atom stereocenters. The summed E-state index contributed by atoms with van der Waals surface area (Å²) < 4.78 is 11.7. The van der Waals surface area contributed by atoms with Crippen LogP contribution in [0.5, 0.6) is 11.5 Å². The molecule has 0 amide bonds. The first kappa shape index (κ1) is 12.5. The van der Waals surface area contributed by atoms with E-state index in [1.165, 1.54) is 0 Å². The quantitative estimate of drug-likeness (QED) is 0.908. The lowest BCUT2D eigenvalue weighted by molar-refractivity contribution is 0.173. The molecule has 19 heavy (non-hydrogen) atoms. The van der Waals surface area contributed by atoms with Gasteiger partial charge in [-0.25, -0.2) is 0 Å². The normalized spacial score (nSPS) is 14.6. The molecule has 100 valence electrons. The lowest BCUT2D eigenvalue weighted by Gasteiger charge is -2.12. The van der Waals surface area contributed by atoms with Crippen molar-refractivity contribution in [1.82, 2.24) is 15.5 Å². The second kappa shape index (κ2) is 5.22. The van der Waals surface area contributed by atoms with Crippen LogP contribution in [0.2, 0.25) is 0 Å². The highest BCUT2D eigenvalue weighted by molar-refractivity contribution is 9.10. The molecule has 0 spiro atoms. The van der Waals surface area contributed by atoms with Gasteiger partial charge in [0, 0.05) is 24.3 Å². The third kappa shape index (κ3) is 2.59. The maximum Gasteiger partial charge on any atom is 0.231 e. The predicted octanol–water partition coefficient (Wildman–Crippen LogP) is 2.75. The molecule has 0 saturated carbocycles. The summed E-state index contributed by atoms with van der Waals surface area (Å²) in [5, 5.41) is 10.2. The third-order valence-corrected chi connectivity index (χ3v) is 3.71. The highest BCUT2D eigenvalue weighted by Crippen LogP contribution is 2.40. The summed E-state index contributed by atoms with van der Waals surface area (Å²) in [5.41, 5.74) is 2.28. The number of aromatic nitrogens is 2. The molecule has 5 nitrogen and oxygen atoms in total. The minimum absolute atomic E-state index is 0.239. The molecule has 2 aromatic rings. The Balaban J connectivity index is 1.69. The fourth-order valence-electron chi connectivity index (χ4n) is 2.01. The van der Waals surface area contributed by atoms with Gasteiger partial charge in [-0.15, -0.1) is 0 Å². The monoisotopic (exact) mass is 323 g/mol. The Morgan fingerprint density at radius 1 is 1.47 bits per heavy atom. The van der Waals surface area contributed by atoms with Gasteiger partial charge in [-0.3, -0.25) is 5.10 Å². The number of benzene rings is 1. The highest BCUT2D eigenvalue weighted by atomic mass is 79.9. The SMILES string of the molecule is CC(NCc1cc(Br)c2c(c1)OCO2)c1cn[nH]c1. The topological polar surface area (TPSA) is 59.2 Å². The molecule has 1 aromatic carbocycles. The van der Waals surface area contributed by atoms with E-state index >= 15 is 0 Å². The Kier molecular flexibility index (Phi) is 3.44. The zero-order valence-electron chi connectivity index (χ0n) is 10.4. The van der Waals surface area contributed by atoms with Gasteiger partial charge in [-0.2, -0.15) is 5.10 Å². The summed E-state index contributed by atoms with van der Waals surface area (Å²) in [6.07, 6.45) is 3.72. The maximum absolute atomic E-state index is 5.40. The van der Waals surface area contributed by atoms with Crippen molar-refractivity contribution in [3.8, 4) is 11.5 Å². The number of rotatable bonds is 4. The van der Waals surface area contributed by atoms with Crippen LogP contribution in [0.1, 0.15) is 24.1 Å². The Bertz CT molecular complexity index is 572. The third-order valence-electron chi connectivity index (χ3n) is 3.12. The molecule has 1 aliphatic rings. The predicted molar refractivity (Wildman–Crippen MR) is 74.1 cm³/mol. The van der Waals surface area contributed by atoms with Crippen LogP contribution in [-0.4, -0.2) is 17.0 Å². The summed E-state index contributed by atoms with van der Waals surface area (Å²) in [4.78, 5) is 0. The van der Waals surface area contributed by atoms with Crippen LogP contribution in [-0.2, 0) is 6.54 Å². The van der Waals surface area contributed by atoms with Crippen LogP contribution in [0.15, 0.2) is 29.0 Å². The lowest BCUT2D eigenvalue weighted by Crippen LogP contribution is -2.17. The van der Waals surface area contributed by atoms with Gasteiger partial charge in [-0.1, -0.05) is 0 Å². The van der Waals surface area contributed by atoms with Crippen molar-refractivity contribution in [2.75, 3.05) is 6.79 Å². The first-order valence-corrected chi connectivity index (χ1v) is 6.83. The second-order valence-electron chi connectivity index (χ2n) is 4.45. The van der Waals surface area contributed by atoms with Crippen molar-refractivity contribution in [3.63, 3.8) is 0 Å². The van der Waals surface area contributed by atoms with E-state index in [0.717, 1.165) is 33.6 Å². The molecular weight excluding hydrogens is 310 g/mol. The number of nitrogens with zero attached hydrogens (tertiary/aromatic N) is 1. The van der Waals surface area contributed by atoms with Crippen molar-refractivity contribution < 1.29 is 9.47 Å². The second-order valence-corrected chi connectivity index (χ2v) is 5.30. The van der Waals surface area contributed by atoms with Crippen LogP contribution in [0.3, 0.4) is 0 Å². The van der Waals surface area contributed by atoms with Gasteiger partial charge in [0.2, 0.25) is 6.79 Å². The van der Waals surface area contributed by atoms with Crippen molar-refractivity contribution in [2.24, 2.45) is 0 Å². The average Bonchev–Trinajstić information content (AvgIpc) is 3.06. The van der Waals surface area contributed by atoms with Crippen molar-refractivity contribution >= 4 is 15.9 Å². The fraction of sp³-hybridized carbons (Fsp3) is 0.308. The number of nitrogens with one attached hydrogen (secondary N) is 2. The first-order valence-electron chi connectivity index (χ1n) is 6.04. The number of aromatic amines is 1. The van der Waals surface area contributed by atoms with Crippen LogP contribution >= 0.6 is 15.9 Å². The average molecular weight is 324 g/mol. The van der Waals surface area contributed by atoms with Gasteiger partial charge in [0.25, 0.3) is 0 Å². The standard InChI is InChI=1S/C13H14BrN3O2/c1-8(10-5-16-17-6-10)15-4-9-2-11(14)13-12(3-9)18-7-19-13/h2-3,5-6,8,15H,4,7H2,1H3,(H,16,17). The molecule has 2 N–H and O–H groups in total. The molecule has 0 bridgehead atoms. The van der Waals surface area contributed by atoms with E-state index in [4.69, 9.17) is 9.47 Å². The van der Waals surface area contributed by atoms with Gasteiger partial charge in [0.05, 0.1) is 10.7 Å². The van der Waals surface area contributed by atoms with E-state index in [1.807, 2.05) is 24.5 Å². The summed E-state index contributed by atoms with van der Waals surface area (Å²) in [6, 6.07) is 4.29. The molecule has 3 rings (SSSR count). The van der Waals surface area contributed by atoms with E-state index in [9.17, 15) is 0 Å². The number of hydrogen-bond donors (Lipinski definition) is 2. The van der Waals surface area contributed by atoms with Crippen molar-refractivity contribution in [1.29, 1.82) is 0 Å². The van der Waals surface area contributed by atoms with E-state index < -0.39 is 0 Å². The molecule has 0 radical (unpaired) electrons. The fourth-order valence-corrected chi connectivity index (χ4v) is 2.61. The van der Waals surface area contributed by atoms with E-state index in [-0.39, 0.29) is 12.8 Å². The summed E-state index contributed by atoms with van der Waals surface area (Å²) >= 11 is 3.50. The number of halogens is 1. The minimum Gasteiger partial charge on any atom is -0.454 e. The zero-order valence-corrected chi connectivity index (χ0v) is 12.0. The van der Waals surface area contributed by atoms with Crippen LogP contribution in [0.4, 0.5) is 0 Å². The first-order chi connectivity index (χ1) is 9.24. The maximum atomic E-state index is 5.40. The number of fused-ring (bicyclic) bond motifs is 1. The lowest BCUT2D eigenvalue weighted by atomic mass is 10.1. The smallest absolute Gasteiger partial charge is 0.231 e. The van der Waals surface area contributed by atoms with Gasteiger partial charge in [0.1, 0.15) is 0 Å². The zero-order chi connectivity index (χ0) is 13.2. The highest BCUT2D eigenvalue weighted by Gasteiger charge is 2.18. The largest absolute Gasteiger partial charge is 0.454 e. The summed E-state index contributed by atoms with van der Waals surface area (Å²) in [6.45, 7) is 3.14. The van der Waals surface area contributed by atoms with Gasteiger partial charge in [-0.05, 0) is 40.5 Å². The van der Waals surface area contributed by atoms with Crippen LogP contribution in [0.25, 0.3) is 0 Å². The number of hydrogen-bond acceptors (Lipinski definition) is 4. The van der Waals surface area contributed by atoms with Crippen molar-refractivity contribution in [2.45, 2.75) is 19.5 Å². The van der Waals surface area contributed by atoms with E-state index in [1.54, 1.807) is 0 Å². The van der Waals surface area contributed by atoms with Gasteiger partial charge < -0.3 is 14.8 Å². The molecule has 1 atom stereocenters. The Labute approximate surface area is 119 Å². The molecule has 0 fully saturated rings. The number of ether oxygens (including phenoxy) is 2. The molecule has 2 heterocycles. The molecule has 1 aliphatic heterocycles. The molecule has 1 aromatic heterocycles. The Hall–Kier alpha value is -1.53. The molecule has 6 heteroatoms. The van der Waals surface area contributed by atoms with Crippen LogP contribution < -0.4 is 14.8 Å². The molecule has 0 saturated heterocycles.